The molecule has 0 saturated heterocycles. The van der Waals surface area contributed by atoms with E-state index < -0.39 is 0 Å². The van der Waals surface area contributed by atoms with Gasteiger partial charge in [0, 0.05) is 18.8 Å². The van der Waals surface area contributed by atoms with Crippen molar-refractivity contribution in [2.45, 2.75) is 20.3 Å². The third-order valence-electron chi connectivity index (χ3n) is 3.46. The molecule has 4 heteroatoms. The van der Waals surface area contributed by atoms with E-state index in [1.807, 2.05) is 48.5 Å². The minimum absolute atomic E-state index is 0.668. The maximum Gasteiger partial charge on any atom is 0.119 e. The monoisotopic (exact) mass is 332 g/mol. The van der Waals surface area contributed by atoms with Gasteiger partial charge in [-0.25, -0.2) is 0 Å². The maximum atomic E-state index is 6.10. The molecular formula is C19H25ClN2O. The largest absolute Gasteiger partial charge is 0.494 e. The minimum Gasteiger partial charge on any atom is -0.494 e. The average molecular weight is 333 g/mol. The van der Waals surface area contributed by atoms with Crippen LogP contribution >= 0.6 is 11.6 Å². The topological polar surface area (TPSA) is 33.3 Å². The molecule has 0 aliphatic rings. The van der Waals surface area contributed by atoms with Crippen LogP contribution in [0.1, 0.15) is 20.3 Å². The number of halogens is 1. The van der Waals surface area contributed by atoms with Crippen LogP contribution in [0.25, 0.3) is 0 Å². The normalized spacial score (nSPS) is 10.6. The highest BCUT2D eigenvalue weighted by atomic mass is 35.5. The van der Waals surface area contributed by atoms with E-state index in [1.54, 1.807) is 0 Å². The van der Waals surface area contributed by atoms with Gasteiger partial charge >= 0.3 is 0 Å². The number of benzene rings is 2. The molecule has 0 aliphatic carbocycles. The van der Waals surface area contributed by atoms with Crippen LogP contribution in [-0.4, -0.2) is 19.7 Å². The van der Waals surface area contributed by atoms with Crippen molar-refractivity contribution in [2.75, 3.05) is 30.3 Å². The first-order valence-corrected chi connectivity index (χ1v) is 8.48. The van der Waals surface area contributed by atoms with E-state index in [1.165, 1.54) is 0 Å². The van der Waals surface area contributed by atoms with Crippen molar-refractivity contribution in [3.8, 4) is 5.75 Å². The second-order valence-electron chi connectivity index (χ2n) is 5.89. The molecule has 0 bridgehead atoms. The van der Waals surface area contributed by atoms with Crippen molar-refractivity contribution in [3.63, 3.8) is 0 Å². The average Bonchev–Trinajstić information content (AvgIpc) is 2.54. The van der Waals surface area contributed by atoms with Crippen LogP contribution < -0.4 is 15.4 Å². The van der Waals surface area contributed by atoms with Crippen LogP contribution in [0.3, 0.4) is 0 Å². The summed E-state index contributed by atoms with van der Waals surface area (Å²) in [6.45, 7) is 6.79. The minimum atomic E-state index is 0.668. The summed E-state index contributed by atoms with van der Waals surface area (Å²) in [6.07, 6.45) is 1.08. The van der Waals surface area contributed by atoms with Crippen molar-refractivity contribution in [2.24, 2.45) is 5.92 Å². The van der Waals surface area contributed by atoms with Crippen molar-refractivity contribution in [1.82, 2.24) is 0 Å². The highest BCUT2D eigenvalue weighted by Gasteiger charge is 1.99. The van der Waals surface area contributed by atoms with Crippen molar-refractivity contribution in [1.29, 1.82) is 0 Å². The van der Waals surface area contributed by atoms with Crippen molar-refractivity contribution in [3.05, 3.63) is 53.6 Å². The van der Waals surface area contributed by atoms with Gasteiger partial charge in [0.1, 0.15) is 5.75 Å². The second kappa shape index (κ2) is 9.31. The third kappa shape index (κ3) is 6.41. The Balaban J connectivity index is 1.69. The summed E-state index contributed by atoms with van der Waals surface area (Å²) in [5.74, 6) is 1.59. The maximum absolute atomic E-state index is 6.10. The Labute approximate surface area is 144 Å². The molecule has 124 valence electrons. The molecule has 3 nitrogen and oxygen atoms in total. The van der Waals surface area contributed by atoms with E-state index in [2.05, 4.69) is 24.5 Å². The van der Waals surface area contributed by atoms with Gasteiger partial charge in [0.15, 0.2) is 0 Å². The number of para-hydroxylation sites is 1. The van der Waals surface area contributed by atoms with E-state index in [0.29, 0.717) is 5.92 Å². The number of hydrogen-bond acceptors (Lipinski definition) is 3. The second-order valence-corrected chi connectivity index (χ2v) is 6.30. The molecule has 0 fully saturated rings. The molecule has 0 aromatic heterocycles. The van der Waals surface area contributed by atoms with Crippen molar-refractivity contribution >= 4 is 23.0 Å². The van der Waals surface area contributed by atoms with Crippen LogP contribution in [0, 0.1) is 5.92 Å². The molecule has 2 rings (SSSR count). The number of hydrogen-bond donors (Lipinski definition) is 2. The standard InChI is InChI=1S/C19H25ClN2O/c1-15(2)11-14-23-17-9-7-16(8-10-17)21-12-13-22-19-6-4-3-5-18(19)20/h3-10,15,21-22H,11-14H2,1-2H3. The molecule has 0 unspecified atom stereocenters. The highest BCUT2D eigenvalue weighted by molar-refractivity contribution is 6.33. The Morgan fingerprint density at radius 2 is 1.65 bits per heavy atom. The molecule has 0 atom stereocenters. The summed E-state index contributed by atoms with van der Waals surface area (Å²) in [6, 6.07) is 15.9. The Morgan fingerprint density at radius 1 is 0.957 bits per heavy atom. The van der Waals surface area contributed by atoms with Crippen LogP contribution in [0.15, 0.2) is 48.5 Å². The Kier molecular flexibility index (Phi) is 7.08. The van der Waals surface area contributed by atoms with Gasteiger partial charge in [0.25, 0.3) is 0 Å². The van der Waals surface area contributed by atoms with Crippen LogP contribution in [0.4, 0.5) is 11.4 Å². The number of nitrogens with one attached hydrogen (secondary N) is 2. The van der Waals surface area contributed by atoms with E-state index in [0.717, 1.165) is 48.3 Å². The molecule has 0 amide bonds. The predicted molar refractivity (Wildman–Crippen MR) is 99.8 cm³/mol. The molecule has 23 heavy (non-hydrogen) atoms. The SMILES string of the molecule is CC(C)CCOc1ccc(NCCNc2ccccc2Cl)cc1. The smallest absolute Gasteiger partial charge is 0.119 e. The fourth-order valence-electron chi connectivity index (χ4n) is 2.09. The Bertz CT molecular complexity index is 584. The van der Waals surface area contributed by atoms with Gasteiger partial charge in [-0.05, 0) is 48.7 Å². The van der Waals surface area contributed by atoms with Gasteiger partial charge < -0.3 is 15.4 Å². The fourth-order valence-corrected chi connectivity index (χ4v) is 2.29. The molecule has 2 aromatic carbocycles. The summed E-state index contributed by atoms with van der Waals surface area (Å²) < 4.78 is 5.71. The van der Waals surface area contributed by atoms with Gasteiger partial charge in [-0.3, -0.25) is 0 Å². The predicted octanol–water partition coefficient (Wildman–Crippen LogP) is 5.29. The lowest BCUT2D eigenvalue weighted by Crippen LogP contribution is -2.13. The molecule has 2 aromatic rings. The molecular weight excluding hydrogens is 308 g/mol. The van der Waals surface area contributed by atoms with E-state index in [4.69, 9.17) is 16.3 Å². The fraction of sp³-hybridized carbons (Fsp3) is 0.368. The summed E-state index contributed by atoms with van der Waals surface area (Å²) in [4.78, 5) is 0. The van der Waals surface area contributed by atoms with E-state index in [9.17, 15) is 0 Å². The first-order valence-electron chi connectivity index (χ1n) is 8.10. The third-order valence-corrected chi connectivity index (χ3v) is 3.79. The van der Waals surface area contributed by atoms with Gasteiger partial charge in [-0.2, -0.15) is 0 Å². The molecule has 0 saturated carbocycles. The molecule has 0 spiro atoms. The summed E-state index contributed by atoms with van der Waals surface area (Å²) in [7, 11) is 0. The molecule has 0 heterocycles. The quantitative estimate of drug-likeness (QED) is 0.612. The van der Waals surface area contributed by atoms with Crippen LogP contribution in [-0.2, 0) is 0 Å². The zero-order valence-corrected chi connectivity index (χ0v) is 14.6. The summed E-state index contributed by atoms with van der Waals surface area (Å²) in [5, 5.41) is 7.43. The zero-order valence-electron chi connectivity index (χ0n) is 13.8. The lowest BCUT2D eigenvalue weighted by Gasteiger charge is -2.11. The van der Waals surface area contributed by atoms with Crippen LogP contribution in [0.2, 0.25) is 5.02 Å². The zero-order chi connectivity index (χ0) is 16.5. The summed E-state index contributed by atoms with van der Waals surface area (Å²) in [5.41, 5.74) is 2.05. The van der Waals surface area contributed by atoms with Crippen LogP contribution in [0.5, 0.6) is 5.75 Å². The number of ether oxygens (including phenoxy) is 1. The Morgan fingerprint density at radius 3 is 2.35 bits per heavy atom. The first-order chi connectivity index (χ1) is 11.1. The van der Waals surface area contributed by atoms with Gasteiger partial charge in [0.2, 0.25) is 0 Å². The van der Waals surface area contributed by atoms with Gasteiger partial charge in [-0.1, -0.05) is 37.6 Å². The first kappa shape index (κ1) is 17.5. The van der Waals surface area contributed by atoms with Gasteiger partial charge in [0.05, 0.1) is 17.3 Å². The van der Waals surface area contributed by atoms with Crippen molar-refractivity contribution < 1.29 is 4.74 Å². The molecule has 0 radical (unpaired) electrons. The number of rotatable bonds is 9. The van der Waals surface area contributed by atoms with E-state index in [-0.39, 0.29) is 0 Å². The van der Waals surface area contributed by atoms with Gasteiger partial charge in [-0.15, -0.1) is 0 Å². The highest BCUT2D eigenvalue weighted by Crippen LogP contribution is 2.20. The lowest BCUT2D eigenvalue weighted by molar-refractivity contribution is 0.289. The summed E-state index contributed by atoms with van der Waals surface area (Å²) >= 11 is 6.10. The molecule has 2 N–H and O–H groups in total. The lowest BCUT2D eigenvalue weighted by atomic mass is 10.1. The number of anilines is 2. The Hall–Kier alpha value is -1.87. The van der Waals surface area contributed by atoms with E-state index >= 15 is 0 Å². The molecule has 0 aliphatic heterocycles.